The third kappa shape index (κ3) is 1.61. The summed E-state index contributed by atoms with van der Waals surface area (Å²) in [6.07, 6.45) is 6.43. The highest BCUT2D eigenvalue weighted by atomic mass is 15.4. The van der Waals surface area contributed by atoms with Crippen molar-refractivity contribution in [3.63, 3.8) is 0 Å². The van der Waals surface area contributed by atoms with E-state index in [9.17, 15) is 0 Å². The Kier molecular flexibility index (Phi) is 2.12. The van der Waals surface area contributed by atoms with Crippen LogP contribution in [0, 0.1) is 0 Å². The number of nitrogens with two attached hydrogens (primary N) is 1. The van der Waals surface area contributed by atoms with E-state index in [-0.39, 0.29) is 0 Å². The van der Waals surface area contributed by atoms with Crippen LogP contribution in [0.25, 0.3) is 0 Å². The fraction of sp³-hybridized carbons (Fsp3) is 0.500. The second kappa shape index (κ2) is 2.88. The van der Waals surface area contributed by atoms with E-state index in [0.717, 1.165) is 12.8 Å². The molecule has 0 spiro atoms. The third-order valence-electron chi connectivity index (χ3n) is 1.79. The topological polar surface area (TPSA) is 29.3 Å². The monoisotopic (exact) mass is 138 g/mol. The minimum Gasteiger partial charge on any atom is -0.318 e. The quantitative estimate of drug-likeness (QED) is 0.438. The van der Waals surface area contributed by atoms with Gasteiger partial charge in [-0.2, -0.15) is 0 Å². The van der Waals surface area contributed by atoms with Crippen LogP contribution in [0.1, 0.15) is 19.8 Å². The first-order valence-corrected chi connectivity index (χ1v) is 3.55. The normalized spacial score (nSPS) is 17.9. The molecule has 1 rings (SSSR count). The number of rotatable bonds is 1. The van der Waals surface area contributed by atoms with E-state index >= 15 is 0 Å². The molecule has 0 radical (unpaired) electrons. The molecule has 2 N–H and O–H groups in total. The summed E-state index contributed by atoms with van der Waals surface area (Å²) in [6.45, 7) is 2.14. The fourth-order valence-electron chi connectivity index (χ4n) is 1.02. The van der Waals surface area contributed by atoms with Crippen LogP contribution < -0.4 is 5.84 Å². The Morgan fingerprint density at radius 2 is 2.10 bits per heavy atom. The highest BCUT2D eigenvalue weighted by Gasteiger charge is 2.03. The fourth-order valence-corrected chi connectivity index (χ4v) is 1.02. The molecule has 56 valence electrons. The molecule has 1 aliphatic carbocycles. The lowest BCUT2D eigenvalue weighted by Gasteiger charge is -2.19. The maximum Gasteiger partial charge on any atom is 0.0291 e. The first kappa shape index (κ1) is 7.35. The second-order valence-electron chi connectivity index (χ2n) is 2.78. The number of hydrazine groups is 1. The Morgan fingerprint density at radius 1 is 1.40 bits per heavy atom. The van der Waals surface area contributed by atoms with Crippen molar-refractivity contribution >= 4 is 0 Å². The van der Waals surface area contributed by atoms with E-state index in [1.54, 1.807) is 5.01 Å². The molecule has 2 nitrogen and oxygen atoms in total. The van der Waals surface area contributed by atoms with Crippen molar-refractivity contribution in [1.82, 2.24) is 5.01 Å². The van der Waals surface area contributed by atoms with Crippen LogP contribution in [0.2, 0.25) is 0 Å². The van der Waals surface area contributed by atoms with Gasteiger partial charge in [-0.1, -0.05) is 11.6 Å². The van der Waals surface area contributed by atoms with Crippen molar-refractivity contribution in [2.24, 2.45) is 5.84 Å². The molecule has 0 unspecified atom stereocenters. The average Bonchev–Trinajstić information content (AvgIpc) is 1.88. The predicted molar refractivity (Wildman–Crippen MR) is 43.0 cm³/mol. The van der Waals surface area contributed by atoms with Crippen LogP contribution in [-0.4, -0.2) is 12.1 Å². The summed E-state index contributed by atoms with van der Waals surface area (Å²) in [5.41, 5.74) is 2.65. The van der Waals surface area contributed by atoms with Gasteiger partial charge < -0.3 is 5.01 Å². The summed E-state index contributed by atoms with van der Waals surface area (Å²) >= 11 is 0. The number of hydrogen-bond acceptors (Lipinski definition) is 2. The van der Waals surface area contributed by atoms with E-state index in [2.05, 4.69) is 19.1 Å². The van der Waals surface area contributed by atoms with E-state index < -0.39 is 0 Å². The lowest BCUT2D eigenvalue weighted by Crippen LogP contribution is -2.25. The van der Waals surface area contributed by atoms with Crippen molar-refractivity contribution in [2.45, 2.75) is 19.8 Å². The van der Waals surface area contributed by atoms with Crippen LogP contribution in [0.5, 0.6) is 0 Å². The standard InChI is InChI=1S/C8H14N2/c1-7-3-5-8(6-4-7)10(2)9/h3,5H,4,6,9H2,1-2H3. The van der Waals surface area contributed by atoms with Gasteiger partial charge >= 0.3 is 0 Å². The van der Waals surface area contributed by atoms with Gasteiger partial charge in [-0.15, -0.1) is 0 Å². The smallest absolute Gasteiger partial charge is 0.0291 e. The molecule has 0 bridgehead atoms. The minimum atomic E-state index is 1.08. The van der Waals surface area contributed by atoms with Crippen molar-refractivity contribution in [2.75, 3.05) is 7.05 Å². The molecular formula is C8H14N2. The van der Waals surface area contributed by atoms with Crippen molar-refractivity contribution < 1.29 is 0 Å². The second-order valence-corrected chi connectivity index (χ2v) is 2.78. The summed E-state index contributed by atoms with van der Waals surface area (Å²) in [4.78, 5) is 0. The van der Waals surface area contributed by atoms with Gasteiger partial charge in [-0.3, -0.25) is 0 Å². The van der Waals surface area contributed by atoms with Gasteiger partial charge in [0.15, 0.2) is 0 Å². The van der Waals surface area contributed by atoms with E-state index in [1.165, 1.54) is 11.3 Å². The first-order valence-electron chi connectivity index (χ1n) is 3.55. The lowest BCUT2D eigenvalue weighted by atomic mass is 10.0. The minimum absolute atomic E-state index is 1.08. The Morgan fingerprint density at radius 3 is 2.50 bits per heavy atom. The zero-order valence-electron chi connectivity index (χ0n) is 6.59. The van der Waals surface area contributed by atoms with Crippen molar-refractivity contribution in [3.8, 4) is 0 Å². The van der Waals surface area contributed by atoms with Gasteiger partial charge in [-0.05, 0) is 25.8 Å². The van der Waals surface area contributed by atoms with E-state index in [4.69, 9.17) is 5.84 Å². The summed E-state index contributed by atoms with van der Waals surface area (Å²) in [7, 11) is 1.88. The molecule has 0 heterocycles. The molecular weight excluding hydrogens is 124 g/mol. The third-order valence-corrected chi connectivity index (χ3v) is 1.79. The van der Waals surface area contributed by atoms with Crippen LogP contribution in [0.15, 0.2) is 23.4 Å². The Labute approximate surface area is 62.0 Å². The molecule has 0 saturated heterocycles. The number of allylic oxidation sites excluding steroid dienone is 4. The Bertz CT molecular complexity index is 178. The molecule has 0 saturated carbocycles. The molecule has 2 heteroatoms. The van der Waals surface area contributed by atoms with Crippen LogP contribution >= 0.6 is 0 Å². The Hall–Kier alpha value is -0.760. The van der Waals surface area contributed by atoms with Gasteiger partial charge in [0, 0.05) is 12.7 Å². The van der Waals surface area contributed by atoms with Gasteiger partial charge in [0.2, 0.25) is 0 Å². The van der Waals surface area contributed by atoms with Gasteiger partial charge in [-0.25, -0.2) is 5.84 Å². The summed E-state index contributed by atoms with van der Waals surface area (Å²) < 4.78 is 0. The van der Waals surface area contributed by atoms with Gasteiger partial charge in [0.05, 0.1) is 0 Å². The van der Waals surface area contributed by atoms with Gasteiger partial charge in [0.1, 0.15) is 0 Å². The van der Waals surface area contributed by atoms with Crippen LogP contribution in [0.3, 0.4) is 0 Å². The van der Waals surface area contributed by atoms with E-state index in [1.807, 2.05) is 7.05 Å². The summed E-state index contributed by atoms with van der Waals surface area (Å²) in [6, 6.07) is 0. The average molecular weight is 138 g/mol. The van der Waals surface area contributed by atoms with Crippen LogP contribution in [0.4, 0.5) is 0 Å². The Balaban J connectivity index is 2.64. The number of nitrogens with zero attached hydrogens (tertiary/aromatic N) is 1. The molecule has 0 aliphatic heterocycles. The van der Waals surface area contributed by atoms with Crippen LogP contribution in [-0.2, 0) is 0 Å². The molecule has 0 fully saturated rings. The maximum atomic E-state index is 5.55. The zero-order chi connectivity index (χ0) is 7.56. The molecule has 10 heavy (non-hydrogen) atoms. The predicted octanol–water partition coefficient (Wildman–Crippen LogP) is 1.42. The lowest BCUT2D eigenvalue weighted by molar-refractivity contribution is 0.419. The van der Waals surface area contributed by atoms with Gasteiger partial charge in [0.25, 0.3) is 0 Å². The first-order chi connectivity index (χ1) is 4.70. The number of hydrogen-bond donors (Lipinski definition) is 1. The molecule has 0 aromatic heterocycles. The highest BCUT2D eigenvalue weighted by molar-refractivity contribution is 5.21. The molecule has 0 aromatic carbocycles. The molecule has 0 aromatic rings. The molecule has 0 atom stereocenters. The summed E-state index contributed by atoms with van der Waals surface area (Å²) in [5.74, 6) is 5.55. The molecule has 0 amide bonds. The largest absolute Gasteiger partial charge is 0.318 e. The van der Waals surface area contributed by atoms with E-state index in [0.29, 0.717) is 0 Å². The summed E-state index contributed by atoms with van der Waals surface area (Å²) in [5, 5.41) is 1.68. The highest BCUT2D eigenvalue weighted by Crippen LogP contribution is 2.17. The zero-order valence-corrected chi connectivity index (χ0v) is 6.59. The molecule has 1 aliphatic rings. The van der Waals surface area contributed by atoms with Crippen molar-refractivity contribution in [1.29, 1.82) is 0 Å². The maximum absolute atomic E-state index is 5.55. The SMILES string of the molecule is CC1=CC=C(N(C)N)CC1. The van der Waals surface area contributed by atoms with Crippen molar-refractivity contribution in [3.05, 3.63) is 23.4 Å².